The first kappa shape index (κ1) is 28.5. The zero-order valence-corrected chi connectivity index (χ0v) is 25.4. The number of anilines is 1. The highest BCUT2D eigenvalue weighted by molar-refractivity contribution is 7.89. The minimum atomic E-state index is -3.86. The number of carbonyl (C=O) groups excluding carboxylic acids is 1. The zero-order valence-electron chi connectivity index (χ0n) is 23.1. The molecule has 1 aliphatic carbocycles. The standard InChI is InChI=1S/C31H34Cl2N4O3S/c1-35(41(39,40)29-7-5-24(32)21-27(29)33)28-6-4-22-2-3-23(20-26(22)28)30(38)37-18-12-31(13-19-37)10-16-36(17-11-31)25-8-14-34-15-9-25/h2-3,5,7-9,14-15,20-21,28H,4,6,10-13,16-19H2,1H3. The molecule has 7 nitrogen and oxygen atoms in total. The highest BCUT2D eigenvalue weighted by Crippen LogP contribution is 2.43. The van der Waals surface area contributed by atoms with E-state index in [1.54, 1.807) is 7.05 Å². The summed E-state index contributed by atoms with van der Waals surface area (Å²) in [4.78, 5) is 22.2. The van der Waals surface area contributed by atoms with E-state index >= 15 is 0 Å². The predicted molar refractivity (Wildman–Crippen MR) is 162 cm³/mol. The van der Waals surface area contributed by atoms with Gasteiger partial charge >= 0.3 is 0 Å². The maximum absolute atomic E-state index is 13.6. The van der Waals surface area contributed by atoms with Gasteiger partial charge in [-0.05, 0) is 97.5 Å². The van der Waals surface area contributed by atoms with Gasteiger partial charge in [0.2, 0.25) is 10.0 Å². The lowest BCUT2D eigenvalue weighted by atomic mass is 9.71. The predicted octanol–water partition coefficient (Wildman–Crippen LogP) is 6.22. The average molecular weight is 614 g/mol. The summed E-state index contributed by atoms with van der Waals surface area (Å²) in [5.41, 5.74) is 4.11. The number of hydrogen-bond acceptors (Lipinski definition) is 5. The van der Waals surface area contributed by atoms with Crippen molar-refractivity contribution in [1.82, 2.24) is 14.2 Å². The SMILES string of the molecule is CN(C1CCc2ccc(C(=O)N3CCC4(CC3)CCN(c3ccncc3)CC4)cc21)S(=O)(=O)c1ccc(Cl)cc1Cl. The molecule has 2 aromatic carbocycles. The van der Waals surface area contributed by atoms with Gasteiger partial charge in [0.15, 0.2) is 0 Å². The Kier molecular flexibility index (Phi) is 7.78. The van der Waals surface area contributed by atoms with Crippen molar-refractivity contribution in [3.8, 4) is 0 Å². The maximum Gasteiger partial charge on any atom is 0.253 e. The van der Waals surface area contributed by atoms with E-state index in [4.69, 9.17) is 23.2 Å². The summed E-state index contributed by atoms with van der Waals surface area (Å²) >= 11 is 12.3. The van der Waals surface area contributed by atoms with Crippen LogP contribution in [0.1, 0.15) is 59.6 Å². The van der Waals surface area contributed by atoms with Crippen molar-refractivity contribution < 1.29 is 13.2 Å². The van der Waals surface area contributed by atoms with Gasteiger partial charge in [0, 0.05) is 61.9 Å². The van der Waals surface area contributed by atoms with Crippen LogP contribution in [-0.2, 0) is 16.4 Å². The lowest BCUT2D eigenvalue weighted by Gasteiger charge is -2.47. The number of rotatable bonds is 5. The lowest BCUT2D eigenvalue weighted by molar-refractivity contribution is 0.0515. The Morgan fingerprint density at radius 3 is 2.32 bits per heavy atom. The second kappa shape index (κ2) is 11.2. The number of hydrogen-bond donors (Lipinski definition) is 0. The van der Waals surface area contributed by atoms with Crippen molar-refractivity contribution in [3.05, 3.63) is 87.7 Å². The quantitative estimate of drug-likeness (QED) is 0.342. The first-order valence-electron chi connectivity index (χ1n) is 14.2. The molecule has 2 aliphatic heterocycles. The first-order chi connectivity index (χ1) is 19.7. The van der Waals surface area contributed by atoms with E-state index in [-0.39, 0.29) is 21.9 Å². The molecule has 6 rings (SSSR count). The number of aryl methyl sites for hydroxylation is 1. The number of carbonyl (C=O) groups is 1. The van der Waals surface area contributed by atoms with Crippen molar-refractivity contribution in [3.63, 3.8) is 0 Å². The van der Waals surface area contributed by atoms with E-state index in [9.17, 15) is 13.2 Å². The number of piperidine rings is 2. The Balaban J connectivity index is 1.13. The number of benzene rings is 2. The van der Waals surface area contributed by atoms with E-state index < -0.39 is 10.0 Å². The maximum atomic E-state index is 13.6. The van der Waals surface area contributed by atoms with Crippen LogP contribution in [0.3, 0.4) is 0 Å². The van der Waals surface area contributed by atoms with E-state index in [0.29, 0.717) is 22.4 Å². The van der Waals surface area contributed by atoms with Crippen molar-refractivity contribution in [2.45, 2.75) is 49.5 Å². The van der Waals surface area contributed by atoms with Crippen molar-refractivity contribution in [1.29, 1.82) is 0 Å². The molecule has 1 atom stereocenters. The normalized spacial score (nSPS) is 20.4. The van der Waals surface area contributed by atoms with Gasteiger partial charge in [0.05, 0.1) is 11.1 Å². The Morgan fingerprint density at radius 2 is 1.63 bits per heavy atom. The van der Waals surface area contributed by atoms with Gasteiger partial charge in [-0.1, -0.05) is 29.3 Å². The average Bonchev–Trinajstić information content (AvgIpc) is 3.41. The largest absolute Gasteiger partial charge is 0.371 e. The molecule has 0 bridgehead atoms. The van der Waals surface area contributed by atoms with Crippen LogP contribution in [0.2, 0.25) is 10.0 Å². The number of amides is 1. The number of likely N-dealkylation sites (tertiary alicyclic amines) is 1. The fourth-order valence-electron chi connectivity index (χ4n) is 6.76. The molecule has 0 N–H and O–H groups in total. The summed E-state index contributed by atoms with van der Waals surface area (Å²) in [5.74, 6) is 0.0220. The van der Waals surface area contributed by atoms with Gasteiger partial charge in [-0.15, -0.1) is 0 Å². The van der Waals surface area contributed by atoms with E-state index in [0.717, 1.165) is 69.4 Å². The third-order valence-electron chi connectivity index (χ3n) is 9.39. The fourth-order valence-corrected chi connectivity index (χ4v) is 8.87. The number of fused-ring (bicyclic) bond motifs is 1. The van der Waals surface area contributed by atoms with Crippen LogP contribution in [0, 0.1) is 5.41 Å². The molecule has 1 spiro atoms. The Labute approximate surface area is 252 Å². The van der Waals surface area contributed by atoms with Crippen LogP contribution in [-0.4, -0.2) is 61.7 Å². The molecule has 3 aromatic rings. The van der Waals surface area contributed by atoms with Crippen LogP contribution >= 0.6 is 23.2 Å². The minimum absolute atomic E-state index is 0.0220. The number of sulfonamides is 1. The van der Waals surface area contributed by atoms with E-state index in [1.165, 1.54) is 28.2 Å². The Hall–Kier alpha value is -2.65. The van der Waals surface area contributed by atoms with Crippen LogP contribution in [0.4, 0.5) is 5.69 Å². The Bertz CT molecular complexity index is 1550. The molecule has 3 heterocycles. The molecular formula is C31H34Cl2N4O3S. The van der Waals surface area contributed by atoms with Gasteiger partial charge in [-0.25, -0.2) is 8.42 Å². The molecule has 41 heavy (non-hydrogen) atoms. The third-order valence-corrected chi connectivity index (χ3v) is 12.0. The summed E-state index contributed by atoms with van der Waals surface area (Å²) < 4.78 is 28.4. The topological polar surface area (TPSA) is 73.8 Å². The third kappa shape index (κ3) is 5.47. The van der Waals surface area contributed by atoms with Gasteiger partial charge in [0.1, 0.15) is 4.90 Å². The molecule has 216 valence electrons. The zero-order chi connectivity index (χ0) is 28.8. The highest BCUT2D eigenvalue weighted by Gasteiger charge is 2.39. The molecule has 1 amide bonds. The van der Waals surface area contributed by atoms with Crippen LogP contribution in [0.15, 0.2) is 65.8 Å². The van der Waals surface area contributed by atoms with E-state index in [1.807, 2.05) is 35.5 Å². The first-order valence-corrected chi connectivity index (χ1v) is 16.4. The highest BCUT2D eigenvalue weighted by atomic mass is 35.5. The molecule has 0 saturated carbocycles. The second-order valence-corrected chi connectivity index (χ2v) is 14.4. The molecule has 10 heteroatoms. The van der Waals surface area contributed by atoms with Crippen molar-refractivity contribution in [2.75, 3.05) is 38.1 Å². The second-order valence-electron chi connectivity index (χ2n) is 11.5. The lowest BCUT2D eigenvalue weighted by Crippen LogP contribution is -2.48. The molecule has 2 saturated heterocycles. The summed E-state index contributed by atoms with van der Waals surface area (Å²) in [6.45, 7) is 3.56. The molecule has 1 aromatic heterocycles. The number of nitrogens with zero attached hydrogens (tertiary/aromatic N) is 4. The molecule has 1 unspecified atom stereocenters. The van der Waals surface area contributed by atoms with Crippen LogP contribution in [0.5, 0.6) is 0 Å². The van der Waals surface area contributed by atoms with Gasteiger partial charge in [-0.2, -0.15) is 4.31 Å². The summed E-state index contributed by atoms with van der Waals surface area (Å²) in [6.07, 6.45) is 9.39. The van der Waals surface area contributed by atoms with Crippen molar-refractivity contribution >= 4 is 44.8 Å². The van der Waals surface area contributed by atoms with E-state index in [2.05, 4.69) is 22.0 Å². The van der Waals surface area contributed by atoms with Crippen molar-refractivity contribution in [2.24, 2.45) is 5.41 Å². The number of pyridine rings is 1. The number of halogens is 2. The van der Waals surface area contributed by atoms with Gasteiger partial charge < -0.3 is 9.80 Å². The molecule has 2 fully saturated rings. The molecule has 3 aliphatic rings. The van der Waals surface area contributed by atoms with Gasteiger partial charge in [0.25, 0.3) is 5.91 Å². The molecular weight excluding hydrogens is 579 g/mol. The summed E-state index contributed by atoms with van der Waals surface area (Å²) in [5, 5.41) is 0.474. The fraction of sp³-hybridized carbons (Fsp3) is 0.419. The summed E-state index contributed by atoms with van der Waals surface area (Å²) in [7, 11) is -2.28. The molecule has 0 radical (unpaired) electrons. The number of aromatic nitrogens is 1. The summed E-state index contributed by atoms with van der Waals surface area (Å²) in [6, 6.07) is 14.0. The smallest absolute Gasteiger partial charge is 0.253 e. The van der Waals surface area contributed by atoms with Gasteiger partial charge in [-0.3, -0.25) is 9.78 Å². The van der Waals surface area contributed by atoms with Crippen LogP contribution in [0.25, 0.3) is 0 Å². The monoisotopic (exact) mass is 612 g/mol. The van der Waals surface area contributed by atoms with Crippen LogP contribution < -0.4 is 4.90 Å². The Morgan fingerprint density at radius 1 is 0.951 bits per heavy atom. The minimum Gasteiger partial charge on any atom is -0.371 e.